The van der Waals surface area contributed by atoms with Crippen molar-refractivity contribution in [3.63, 3.8) is 0 Å². The van der Waals surface area contributed by atoms with Crippen LogP contribution < -0.4 is 34.1 Å². The van der Waals surface area contributed by atoms with Gasteiger partial charge in [-0.05, 0) is 13.0 Å². The fraction of sp³-hybridized carbons (Fsp3) is 0.429. The number of isocyanates is 1. The predicted octanol–water partition coefficient (Wildman–Crippen LogP) is -2.66. The molecule has 0 fully saturated rings. The van der Waals surface area contributed by atoms with E-state index in [0.717, 1.165) is 6.54 Å². The summed E-state index contributed by atoms with van der Waals surface area (Å²) in [6.45, 7) is 3.18. The molecule has 1 heterocycles. The van der Waals surface area contributed by atoms with Crippen LogP contribution in [-0.2, 0) is 18.4 Å². The van der Waals surface area contributed by atoms with Crippen LogP contribution in [0.2, 0.25) is 0 Å². The average Bonchev–Trinajstić information content (AvgIpc) is 2.37. The third-order valence-corrected chi connectivity index (χ3v) is 1.19. The van der Waals surface area contributed by atoms with Gasteiger partial charge in [-0.15, -0.1) is 0 Å². The van der Waals surface area contributed by atoms with Gasteiger partial charge < -0.3 is 6.84 Å². The van der Waals surface area contributed by atoms with E-state index in [1.807, 2.05) is 17.8 Å². The van der Waals surface area contributed by atoms with Gasteiger partial charge in [-0.2, -0.15) is 0 Å². The molecular formula is C7H12N3NaO. The van der Waals surface area contributed by atoms with Gasteiger partial charge in [0.1, 0.15) is 12.4 Å². The summed E-state index contributed by atoms with van der Waals surface area (Å²) >= 11 is 0. The molecule has 0 aromatic carbocycles. The second-order valence-electron chi connectivity index (χ2n) is 2.00. The summed E-state index contributed by atoms with van der Waals surface area (Å²) in [6.07, 6.45) is 6.64. The van der Waals surface area contributed by atoms with Crippen molar-refractivity contribution in [2.75, 3.05) is 0 Å². The largest absolute Gasteiger partial charge is 1.00 e. The van der Waals surface area contributed by atoms with Crippen molar-refractivity contribution in [2.45, 2.75) is 13.5 Å². The van der Waals surface area contributed by atoms with Gasteiger partial charge >= 0.3 is 29.6 Å². The fourth-order valence-corrected chi connectivity index (χ4v) is 0.689. The Bertz CT molecular complexity index is 246. The molecule has 0 aliphatic heterocycles. The Balaban J connectivity index is -0.000000180. The van der Waals surface area contributed by atoms with Crippen LogP contribution in [0.3, 0.4) is 0 Å². The van der Waals surface area contributed by atoms with E-state index in [0.29, 0.717) is 6.08 Å². The summed E-state index contributed by atoms with van der Waals surface area (Å²) < 4.78 is 4.16. The molecular weight excluding hydrogens is 165 g/mol. The van der Waals surface area contributed by atoms with Crippen molar-refractivity contribution < 1.29 is 40.3 Å². The van der Waals surface area contributed by atoms with Crippen LogP contribution in [0.5, 0.6) is 0 Å². The Morgan fingerprint density at radius 2 is 2.25 bits per heavy atom. The van der Waals surface area contributed by atoms with Crippen LogP contribution >= 0.6 is 0 Å². The summed E-state index contributed by atoms with van der Waals surface area (Å²) in [5, 5.41) is 6.76. The number of aromatic nitrogens is 2. The van der Waals surface area contributed by atoms with Crippen molar-refractivity contribution in [1.29, 1.82) is 0 Å². The van der Waals surface area contributed by atoms with Crippen LogP contribution in [0, 0.1) is 0 Å². The molecule has 0 aliphatic carbocycles. The second kappa shape index (κ2) is 8.68. The Labute approximate surface area is 95.5 Å². The van der Waals surface area contributed by atoms with Crippen molar-refractivity contribution in [3.8, 4) is 0 Å². The minimum absolute atomic E-state index is 0. The molecule has 0 unspecified atom stereocenters. The Hall–Kier alpha value is -0.410. The summed E-state index contributed by atoms with van der Waals surface area (Å²) in [7, 11) is 2.02. The maximum Gasteiger partial charge on any atom is 1.00 e. The zero-order chi connectivity index (χ0) is 8.69. The standard InChI is InChI=1S/C6H11N2.CNO.Na.H/c1-3-8-5-4-7(2)6-8;2-1-3;;/h4-6H,3H2,1-2H3;;;/q+1;-1;+1;-1. The normalized spacial score (nSPS) is 7.17. The van der Waals surface area contributed by atoms with Crippen molar-refractivity contribution >= 4 is 6.08 Å². The number of hydrogen-bond acceptors (Lipinski definition) is 1. The molecule has 0 atom stereocenters. The molecule has 0 radical (unpaired) electrons. The van der Waals surface area contributed by atoms with Crippen LogP contribution in [0.4, 0.5) is 0 Å². The van der Waals surface area contributed by atoms with E-state index < -0.39 is 0 Å². The van der Waals surface area contributed by atoms with Gasteiger partial charge in [0.25, 0.3) is 0 Å². The number of imidazole rings is 1. The molecule has 5 heteroatoms. The fourth-order valence-electron chi connectivity index (χ4n) is 0.689. The molecule has 0 saturated carbocycles. The maximum atomic E-state index is 8.24. The first-order valence-electron chi connectivity index (χ1n) is 3.26. The van der Waals surface area contributed by atoms with Gasteiger partial charge in [-0.3, -0.25) is 4.79 Å². The molecule has 0 amide bonds. The SMILES string of the molecule is CCn1cc[n+](C)c1.[H-].[N-]=C=O.[Na+]. The molecule has 0 N–H and O–H groups in total. The minimum atomic E-state index is 0. The van der Waals surface area contributed by atoms with Gasteiger partial charge in [0.05, 0.1) is 13.6 Å². The number of hydrogen-bond donors (Lipinski definition) is 0. The summed E-state index contributed by atoms with van der Waals surface area (Å²) in [5.74, 6) is 0. The molecule has 0 bridgehead atoms. The summed E-state index contributed by atoms with van der Waals surface area (Å²) in [5.41, 5.74) is 0. The van der Waals surface area contributed by atoms with Crippen molar-refractivity contribution in [3.05, 3.63) is 24.1 Å². The molecule has 62 valence electrons. The molecule has 1 rings (SSSR count). The van der Waals surface area contributed by atoms with Gasteiger partial charge in [0.2, 0.25) is 6.33 Å². The van der Waals surface area contributed by atoms with E-state index >= 15 is 0 Å². The van der Waals surface area contributed by atoms with E-state index in [1.54, 1.807) is 0 Å². The Kier molecular flexibility index (Phi) is 10.2. The number of aryl methyl sites for hydroxylation is 2. The first kappa shape index (κ1) is 14.1. The Morgan fingerprint density at radius 1 is 1.75 bits per heavy atom. The van der Waals surface area contributed by atoms with Crippen LogP contribution in [0.25, 0.3) is 5.41 Å². The van der Waals surface area contributed by atoms with Crippen LogP contribution in [0.1, 0.15) is 8.35 Å². The number of carbonyl (C=O) groups excluding carboxylic acids is 1. The third kappa shape index (κ3) is 6.31. The predicted molar refractivity (Wildman–Crippen MR) is 41.4 cm³/mol. The van der Waals surface area contributed by atoms with Crippen LogP contribution in [-0.4, -0.2) is 10.6 Å². The average molecular weight is 177 g/mol. The molecule has 4 nitrogen and oxygen atoms in total. The van der Waals surface area contributed by atoms with Gasteiger partial charge in [0.15, 0.2) is 0 Å². The third-order valence-electron chi connectivity index (χ3n) is 1.19. The van der Waals surface area contributed by atoms with E-state index in [4.69, 9.17) is 10.2 Å². The number of nitrogens with zero attached hydrogens (tertiary/aromatic N) is 3. The topological polar surface area (TPSA) is 48.2 Å². The quantitative estimate of drug-likeness (QED) is 0.200. The molecule has 1 aromatic rings. The molecule has 12 heavy (non-hydrogen) atoms. The van der Waals surface area contributed by atoms with Gasteiger partial charge in [-0.1, -0.05) is 0 Å². The molecule has 0 aliphatic rings. The molecule has 0 saturated heterocycles. The second-order valence-corrected chi connectivity index (χ2v) is 2.00. The summed E-state index contributed by atoms with van der Waals surface area (Å²) in [4.78, 5) is 8.24. The first-order chi connectivity index (χ1) is 5.24. The van der Waals surface area contributed by atoms with Crippen molar-refractivity contribution in [2.24, 2.45) is 7.05 Å². The zero-order valence-electron chi connectivity index (χ0n) is 8.69. The molecule has 0 spiro atoms. The van der Waals surface area contributed by atoms with Crippen LogP contribution in [0.15, 0.2) is 18.7 Å². The number of rotatable bonds is 1. The van der Waals surface area contributed by atoms with Crippen molar-refractivity contribution in [1.82, 2.24) is 4.57 Å². The maximum absolute atomic E-state index is 8.24. The van der Waals surface area contributed by atoms with E-state index in [9.17, 15) is 0 Å². The minimum Gasteiger partial charge on any atom is -1.00 e. The smallest absolute Gasteiger partial charge is 1.00 e. The van der Waals surface area contributed by atoms with E-state index in [1.165, 1.54) is 0 Å². The Morgan fingerprint density at radius 3 is 2.42 bits per heavy atom. The monoisotopic (exact) mass is 177 g/mol. The molecule has 1 aromatic heterocycles. The van der Waals surface area contributed by atoms with E-state index in [-0.39, 0.29) is 31.0 Å². The van der Waals surface area contributed by atoms with Gasteiger partial charge in [-0.25, -0.2) is 9.13 Å². The summed E-state index contributed by atoms with van der Waals surface area (Å²) in [6, 6.07) is 0. The zero-order valence-corrected chi connectivity index (χ0v) is 9.69. The van der Waals surface area contributed by atoms with E-state index in [2.05, 4.69) is 24.0 Å². The first-order valence-corrected chi connectivity index (χ1v) is 3.26. The van der Waals surface area contributed by atoms with Gasteiger partial charge in [0, 0.05) is 0 Å².